The first kappa shape index (κ1) is 18.6. The van der Waals surface area contributed by atoms with Gasteiger partial charge in [0.1, 0.15) is 11.4 Å². The maximum atomic E-state index is 13.3. The average Bonchev–Trinajstić information content (AvgIpc) is 3.03. The number of aromatic carboxylic acids is 1. The summed E-state index contributed by atoms with van der Waals surface area (Å²) in [5.74, 6) is -5.06. The molecule has 4 rings (SSSR count). The van der Waals surface area contributed by atoms with Gasteiger partial charge >= 0.3 is 12.1 Å². The lowest BCUT2D eigenvalue weighted by Crippen LogP contribution is -2.28. The van der Waals surface area contributed by atoms with Crippen LogP contribution in [0, 0.1) is 18.8 Å². The first-order chi connectivity index (χ1) is 13.0. The summed E-state index contributed by atoms with van der Waals surface area (Å²) in [5.41, 5.74) is -1.33. The van der Waals surface area contributed by atoms with Crippen LogP contribution in [0.2, 0.25) is 0 Å². The minimum absolute atomic E-state index is 0.0984. The third-order valence-electron chi connectivity index (χ3n) is 5.30. The van der Waals surface area contributed by atoms with Crippen molar-refractivity contribution >= 4 is 11.8 Å². The van der Waals surface area contributed by atoms with E-state index in [-0.39, 0.29) is 19.6 Å². The van der Waals surface area contributed by atoms with E-state index in [0.29, 0.717) is 17.1 Å². The fourth-order valence-corrected chi connectivity index (χ4v) is 3.66. The molecule has 0 aromatic carbocycles. The minimum Gasteiger partial charge on any atom is -0.478 e. The van der Waals surface area contributed by atoms with Crippen molar-refractivity contribution in [3.8, 4) is 0 Å². The number of rotatable bonds is 4. The zero-order valence-electron chi connectivity index (χ0n) is 14.5. The quantitative estimate of drug-likeness (QED) is 0.796. The highest BCUT2D eigenvalue weighted by Crippen LogP contribution is 2.59. The van der Waals surface area contributed by atoms with Crippen molar-refractivity contribution in [2.24, 2.45) is 11.8 Å². The summed E-state index contributed by atoms with van der Waals surface area (Å²) in [6, 6.07) is 3.26. The Balaban J connectivity index is 1.53. The van der Waals surface area contributed by atoms with Crippen LogP contribution in [0.15, 0.2) is 18.3 Å². The van der Waals surface area contributed by atoms with E-state index in [1.165, 1.54) is 0 Å². The third kappa shape index (κ3) is 2.98. The molecule has 1 aliphatic heterocycles. The third-order valence-corrected chi connectivity index (χ3v) is 5.30. The van der Waals surface area contributed by atoms with Crippen molar-refractivity contribution < 1.29 is 31.9 Å². The fraction of sp³-hybridized carbons (Fsp3) is 0.471. The van der Waals surface area contributed by atoms with Gasteiger partial charge in [0.15, 0.2) is 5.69 Å². The van der Waals surface area contributed by atoms with Crippen molar-refractivity contribution in [2.75, 3.05) is 18.0 Å². The molecular weight excluding hydrogens is 387 g/mol. The number of aryl methyl sites for hydroxylation is 1. The number of carboxylic acid groups (broad SMARTS) is 1. The number of hydrogen-bond acceptors (Lipinski definition) is 4. The van der Waals surface area contributed by atoms with Gasteiger partial charge in [-0.1, -0.05) is 6.07 Å². The highest BCUT2D eigenvalue weighted by atomic mass is 19.4. The number of aromatic nitrogens is 3. The number of carbonyl (C=O) groups is 1. The van der Waals surface area contributed by atoms with Crippen molar-refractivity contribution in [1.82, 2.24) is 14.8 Å². The largest absolute Gasteiger partial charge is 0.478 e. The lowest BCUT2D eigenvalue weighted by atomic mass is 10.2. The van der Waals surface area contributed by atoms with Crippen LogP contribution in [-0.4, -0.2) is 44.9 Å². The second-order valence-corrected chi connectivity index (χ2v) is 7.10. The Labute approximate surface area is 155 Å². The Morgan fingerprint density at radius 3 is 2.43 bits per heavy atom. The molecule has 2 unspecified atom stereocenters. The molecule has 6 nitrogen and oxygen atoms in total. The van der Waals surface area contributed by atoms with Gasteiger partial charge in [0.2, 0.25) is 0 Å². The van der Waals surface area contributed by atoms with Crippen LogP contribution in [0.1, 0.15) is 27.3 Å². The van der Waals surface area contributed by atoms with Crippen LogP contribution in [0.5, 0.6) is 0 Å². The summed E-state index contributed by atoms with van der Waals surface area (Å²) < 4.78 is 66.4. The Morgan fingerprint density at radius 2 is 1.93 bits per heavy atom. The summed E-state index contributed by atoms with van der Waals surface area (Å²) >= 11 is 0. The maximum Gasteiger partial charge on any atom is 0.436 e. The number of halogens is 5. The number of alkyl halides is 5. The summed E-state index contributed by atoms with van der Waals surface area (Å²) in [6.07, 6.45) is -4.05. The molecular formula is C17H15F5N4O2. The molecule has 2 aromatic rings. The SMILES string of the molecule is Cc1nc(N2CC3C(C2)C3(F)F)ccc1Cn1cc(C(=O)O)c(C(F)(F)F)n1. The van der Waals surface area contributed by atoms with Crippen LogP contribution >= 0.6 is 0 Å². The fourth-order valence-electron chi connectivity index (χ4n) is 3.66. The van der Waals surface area contributed by atoms with Gasteiger partial charge in [-0.25, -0.2) is 18.6 Å². The van der Waals surface area contributed by atoms with Crippen molar-refractivity contribution in [3.05, 3.63) is 40.8 Å². The van der Waals surface area contributed by atoms with E-state index in [1.807, 2.05) is 0 Å². The zero-order valence-corrected chi connectivity index (χ0v) is 14.5. The Kier molecular flexibility index (Phi) is 3.92. The van der Waals surface area contributed by atoms with Gasteiger partial charge in [-0.2, -0.15) is 18.3 Å². The van der Waals surface area contributed by atoms with E-state index in [2.05, 4.69) is 10.1 Å². The number of fused-ring (bicyclic) bond motifs is 1. The Morgan fingerprint density at radius 1 is 1.29 bits per heavy atom. The molecule has 1 saturated heterocycles. The molecule has 0 amide bonds. The summed E-state index contributed by atoms with van der Waals surface area (Å²) in [5, 5.41) is 12.3. The zero-order chi connectivity index (χ0) is 20.4. The van der Waals surface area contributed by atoms with E-state index < -0.39 is 41.2 Å². The van der Waals surface area contributed by atoms with Crippen LogP contribution < -0.4 is 4.90 Å². The van der Waals surface area contributed by atoms with Gasteiger partial charge in [0.25, 0.3) is 5.92 Å². The second kappa shape index (κ2) is 5.89. The molecule has 1 saturated carbocycles. The van der Waals surface area contributed by atoms with Gasteiger partial charge in [0, 0.05) is 25.0 Å². The van der Waals surface area contributed by atoms with E-state index >= 15 is 0 Å². The second-order valence-electron chi connectivity index (χ2n) is 7.10. The van der Waals surface area contributed by atoms with Gasteiger partial charge in [0.05, 0.1) is 18.4 Å². The Bertz CT molecular complexity index is 942. The van der Waals surface area contributed by atoms with Crippen LogP contribution in [0.4, 0.5) is 27.8 Å². The normalized spacial score (nSPS) is 23.0. The number of pyridine rings is 1. The summed E-state index contributed by atoms with van der Waals surface area (Å²) in [4.78, 5) is 17.2. The predicted molar refractivity (Wildman–Crippen MR) is 86.4 cm³/mol. The summed E-state index contributed by atoms with van der Waals surface area (Å²) in [6.45, 7) is 1.99. The van der Waals surface area contributed by atoms with Gasteiger partial charge in [-0.3, -0.25) is 4.68 Å². The number of carboxylic acids is 1. The molecule has 1 N–H and O–H groups in total. The van der Waals surface area contributed by atoms with Gasteiger partial charge in [-0.05, 0) is 18.6 Å². The first-order valence-corrected chi connectivity index (χ1v) is 8.45. The van der Waals surface area contributed by atoms with Crippen molar-refractivity contribution in [2.45, 2.75) is 25.6 Å². The smallest absolute Gasteiger partial charge is 0.436 e. The van der Waals surface area contributed by atoms with E-state index in [4.69, 9.17) is 5.11 Å². The molecule has 0 radical (unpaired) electrons. The molecule has 150 valence electrons. The average molecular weight is 402 g/mol. The van der Waals surface area contributed by atoms with Crippen molar-refractivity contribution in [3.63, 3.8) is 0 Å². The van der Waals surface area contributed by atoms with E-state index in [0.717, 1.165) is 10.9 Å². The molecule has 1 aliphatic carbocycles. The molecule has 2 aromatic heterocycles. The Hall–Kier alpha value is -2.72. The number of hydrogen-bond donors (Lipinski definition) is 1. The number of piperidine rings is 1. The monoisotopic (exact) mass is 402 g/mol. The number of nitrogens with zero attached hydrogens (tertiary/aromatic N) is 4. The molecule has 0 bridgehead atoms. The predicted octanol–water partition coefficient (Wildman–Crippen LogP) is 3.05. The van der Waals surface area contributed by atoms with E-state index in [9.17, 15) is 26.7 Å². The van der Waals surface area contributed by atoms with Crippen LogP contribution in [0.3, 0.4) is 0 Å². The van der Waals surface area contributed by atoms with Gasteiger partial charge < -0.3 is 10.0 Å². The molecule has 28 heavy (non-hydrogen) atoms. The maximum absolute atomic E-state index is 13.3. The highest BCUT2D eigenvalue weighted by Gasteiger charge is 2.71. The molecule has 2 aliphatic rings. The molecule has 0 spiro atoms. The highest BCUT2D eigenvalue weighted by molar-refractivity contribution is 5.88. The lowest BCUT2D eigenvalue weighted by molar-refractivity contribution is -0.142. The van der Waals surface area contributed by atoms with Crippen LogP contribution in [0.25, 0.3) is 0 Å². The standard InChI is InChI=1S/C17H15F5N4O2/c1-8-9(4-26-5-10(15(27)28)14(24-26)17(20,21)22)2-3-13(23-8)25-6-11-12(7-25)16(11,18)19/h2-3,5,11-12H,4,6-7H2,1H3,(H,27,28). The molecule has 2 atom stereocenters. The van der Waals surface area contributed by atoms with E-state index in [1.54, 1.807) is 24.0 Å². The molecule has 11 heteroatoms. The lowest BCUT2D eigenvalue weighted by Gasteiger charge is -2.21. The van der Waals surface area contributed by atoms with Crippen LogP contribution in [-0.2, 0) is 12.7 Å². The number of anilines is 1. The summed E-state index contributed by atoms with van der Waals surface area (Å²) in [7, 11) is 0. The molecule has 3 heterocycles. The topological polar surface area (TPSA) is 71.2 Å². The molecule has 2 fully saturated rings. The van der Waals surface area contributed by atoms with Gasteiger partial charge in [-0.15, -0.1) is 0 Å². The van der Waals surface area contributed by atoms with Crippen molar-refractivity contribution in [1.29, 1.82) is 0 Å². The minimum atomic E-state index is -4.88. The first-order valence-electron chi connectivity index (χ1n) is 8.45.